The maximum atomic E-state index is 13.8. The molecule has 4 aliphatic rings. The van der Waals surface area contributed by atoms with Crippen LogP contribution in [0.3, 0.4) is 0 Å². The highest BCUT2D eigenvalue weighted by atomic mass is 19.1. The number of nitrogens with zero attached hydrogens (tertiary/aromatic N) is 3. The van der Waals surface area contributed by atoms with Crippen LogP contribution in [0.15, 0.2) is 23.7 Å². The van der Waals surface area contributed by atoms with Gasteiger partial charge in [0.2, 0.25) is 5.91 Å². The fourth-order valence-electron chi connectivity index (χ4n) is 5.25. The van der Waals surface area contributed by atoms with Crippen LogP contribution >= 0.6 is 0 Å². The van der Waals surface area contributed by atoms with E-state index in [2.05, 4.69) is 11.8 Å². The zero-order chi connectivity index (χ0) is 19.9. The van der Waals surface area contributed by atoms with Crippen LogP contribution in [0.5, 0.6) is 0 Å². The van der Waals surface area contributed by atoms with Gasteiger partial charge >= 0.3 is 6.09 Å². The third-order valence-corrected chi connectivity index (χ3v) is 6.84. The number of carbonyl (C=O) groups excluding carboxylic acids is 2. The van der Waals surface area contributed by atoms with Crippen molar-refractivity contribution < 1.29 is 18.7 Å². The molecule has 6 nitrogen and oxygen atoms in total. The number of amides is 2. The van der Waals surface area contributed by atoms with Gasteiger partial charge in [0.1, 0.15) is 5.83 Å². The molecule has 3 aliphatic heterocycles. The fraction of sp³-hybridized carbons (Fsp3) is 0.714. The monoisotopic (exact) mass is 391 g/mol. The number of allylic oxidation sites excluding steroid dienone is 4. The molecule has 1 aliphatic carbocycles. The van der Waals surface area contributed by atoms with Gasteiger partial charge in [-0.15, -0.1) is 0 Å². The van der Waals surface area contributed by atoms with Crippen molar-refractivity contribution in [2.24, 2.45) is 5.92 Å². The molecule has 3 saturated heterocycles. The quantitative estimate of drug-likeness (QED) is 0.742. The van der Waals surface area contributed by atoms with E-state index in [4.69, 9.17) is 4.74 Å². The zero-order valence-electron chi connectivity index (χ0n) is 16.8. The van der Waals surface area contributed by atoms with Crippen molar-refractivity contribution in [1.29, 1.82) is 0 Å². The van der Waals surface area contributed by atoms with Crippen molar-refractivity contribution in [1.82, 2.24) is 14.7 Å². The Balaban J connectivity index is 1.38. The Labute approximate surface area is 166 Å². The first-order chi connectivity index (χ1) is 13.4. The summed E-state index contributed by atoms with van der Waals surface area (Å²) in [6, 6.07) is 0.150. The molecule has 0 spiro atoms. The number of fused-ring (bicyclic) bond motifs is 1. The number of piperidine rings is 1. The molecular weight excluding hydrogens is 361 g/mol. The molecule has 0 radical (unpaired) electrons. The standard InChI is InChI=1S/C21H30FN3O3/c1-3-28-20(27)23-11-8-21(2,14-23)24-9-6-17(7-10-24)25-18-13-16(22)5-4-15(18)12-19(25)26/h5,13,15,17H,3-4,6-12,14H2,1-2H3. The van der Waals surface area contributed by atoms with Crippen LogP contribution in [0.25, 0.3) is 0 Å². The van der Waals surface area contributed by atoms with Crippen LogP contribution in [0, 0.1) is 5.92 Å². The summed E-state index contributed by atoms with van der Waals surface area (Å²) in [5.41, 5.74) is 0.831. The SMILES string of the molecule is CCOC(=O)N1CCC(C)(N2CCC(N3C(=O)CC4CC=C(F)C=C43)CC2)C1. The van der Waals surface area contributed by atoms with E-state index in [-0.39, 0.29) is 35.3 Å². The van der Waals surface area contributed by atoms with Crippen LogP contribution < -0.4 is 0 Å². The Kier molecular flexibility index (Phi) is 5.21. The van der Waals surface area contributed by atoms with Gasteiger partial charge in [-0.2, -0.15) is 0 Å². The minimum atomic E-state index is -0.228. The minimum absolute atomic E-state index is 0.0474. The van der Waals surface area contributed by atoms with Crippen LogP contribution in [-0.4, -0.2) is 71.1 Å². The van der Waals surface area contributed by atoms with Gasteiger partial charge in [-0.05, 0) is 51.7 Å². The number of carbonyl (C=O) groups is 2. The third-order valence-electron chi connectivity index (χ3n) is 6.84. The summed E-state index contributed by atoms with van der Waals surface area (Å²) in [5, 5.41) is 0. The average molecular weight is 391 g/mol. The second kappa shape index (κ2) is 7.50. The van der Waals surface area contributed by atoms with Crippen LogP contribution in [0.2, 0.25) is 0 Å². The number of halogens is 1. The summed E-state index contributed by atoms with van der Waals surface area (Å²) in [5.74, 6) is 0.0646. The largest absolute Gasteiger partial charge is 0.450 e. The number of hydrogen-bond donors (Lipinski definition) is 0. The van der Waals surface area contributed by atoms with E-state index >= 15 is 0 Å². The summed E-state index contributed by atoms with van der Waals surface area (Å²) in [6.07, 6.45) is 6.75. The van der Waals surface area contributed by atoms with E-state index in [1.54, 1.807) is 17.1 Å². The van der Waals surface area contributed by atoms with E-state index in [0.717, 1.165) is 44.6 Å². The molecule has 0 bridgehead atoms. The van der Waals surface area contributed by atoms with Crippen molar-refractivity contribution in [2.45, 2.75) is 57.5 Å². The van der Waals surface area contributed by atoms with Gasteiger partial charge in [0.25, 0.3) is 0 Å². The highest BCUT2D eigenvalue weighted by Crippen LogP contribution is 2.40. The summed E-state index contributed by atoms with van der Waals surface area (Å²) < 4.78 is 18.9. The molecule has 0 N–H and O–H groups in total. The predicted molar refractivity (Wildman–Crippen MR) is 103 cm³/mol. The first-order valence-corrected chi connectivity index (χ1v) is 10.5. The molecule has 0 saturated carbocycles. The van der Waals surface area contributed by atoms with Gasteiger partial charge in [0, 0.05) is 55.8 Å². The molecule has 2 amide bonds. The highest BCUT2D eigenvalue weighted by Gasteiger charge is 2.45. The van der Waals surface area contributed by atoms with Crippen LogP contribution in [0.4, 0.5) is 9.18 Å². The first kappa shape index (κ1) is 19.4. The Morgan fingerprint density at radius 1 is 1.32 bits per heavy atom. The second-order valence-corrected chi connectivity index (χ2v) is 8.64. The van der Waals surface area contributed by atoms with E-state index < -0.39 is 0 Å². The van der Waals surface area contributed by atoms with Gasteiger partial charge in [0.05, 0.1) is 6.61 Å². The smallest absolute Gasteiger partial charge is 0.409 e. The van der Waals surface area contributed by atoms with E-state index in [0.29, 0.717) is 26.0 Å². The van der Waals surface area contributed by atoms with Crippen LogP contribution in [-0.2, 0) is 9.53 Å². The molecule has 2 atom stereocenters. The average Bonchev–Trinajstić information content (AvgIpc) is 3.22. The van der Waals surface area contributed by atoms with Crippen molar-refractivity contribution in [3.05, 3.63) is 23.7 Å². The Bertz CT molecular complexity index is 714. The van der Waals surface area contributed by atoms with Crippen molar-refractivity contribution in [3.8, 4) is 0 Å². The number of ether oxygens (including phenoxy) is 1. The maximum absolute atomic E-state index is 13.8. The Morgan fingerprint density at radius 3 is 2.79 bits per heavy atom. The van der Waals surface area contributed by atoms with Gasteiger partial charge in [-0.25, -0.2) is 9.18 Å². The van der Waals surface area contributed by atoms with Crippen molar-refractivity contribution >= 4 is 12.0 Å². The highest BCUT2D eigenvalue weighted by molar-refractivity contribution is 5.83. The van der Waals surface area contributed by atoms with Crippen molar-refractivity contribution in [2.75, 3.05) is 32.8 Å². The summed E-state index contributed by atoms with van der Waals surface area (Å²) >= 11 is 0. The van der Waals surface area contributed by atoms with E-state index in [1.807, 2.05) is 11.8 Å². The van der Waals surface area contributed by atoms with Gasteiger partial charge in [0.15, 0.2) is 0 Å². The number of likely N-dealkylation sites (tertiary alicyclic amines) is 3. The van der Waals surface area contributed by atoms with Gasteiger partial charge in [-0.1, -0.05) is 0 Å². The lowest BCUT2D eigenvalue weighted by Gasteiger charge is -2.44. The summed E-state index contributed by atoms with van der Waals surface area (Å²) in [6.45, 7) is 7.62. The summed E-state index contributed by atoms with van der Waals surface area (Å²) in [7, 11) is 0. The molecule has 0 aromatic rings. The fourth-order valence-corrected chi connectivity index (χ4v) is 5.25. The lowest BCUT2D eigenvalue weighted by Crippen LogP contribution is -2.54. The topological polar surface area (TPSA) is 53.1 Å². The minimum Gasteiger partial charge on any atom is -0.450 e. The Morgan fingerprint density at radius 2 is 2.07 bits per heavy atom. The third kappa shape index (κ3) is 3.45. The molecule has 3 heterocycles. The van der Waals surface area contributed by atoms with Gasteiger partial charge < -0.3 is 14.5 Å². The molecule has 0 aromatic carbocycles. The normalized spacial score (nSPS) is 31.7. The first-order valence-electron chi connectivity index (χ1n) is 10.5. The lowest BCUT2D eigenvalue weighted by molar-refractivity contribution is -0.129. The Hall–Kier alpha value is -1.89. The molecule has 28 heavy (non-hydrogen) atoms. The molecular formula is C21H30FN3O3. The maximum Gasteiger partial charge on any atom is 0.409 e. The number of rotatable bonds is 3. The molecule has 2 unspecified atom stereocenters. The predicted octanol–water partition coefficient (Wildman–Crippen LogP) is 3.06. The zero-order valence-corrected chi connectivity index (χ0v) is 16.8. The molecule has 0 aromatic heterocycles. The summed E-state index contributed by atoms with van der Waals surface area (Å²) in [4.78, 5) is 30.8. The van der Waals surface area contributed by atoms with Gasteiger partial charge in [-0.3, -0.25) is 9.69 Å². The van der Waals surface area contributed by atoms with Crippen LogP contribution in [0.1, 0.15) is 46.0 Å². The lowest BCUT2D eigenvalue weighted by atomic mass is 9.92. The molecule has 4 rings (SSSR count). The second-order valence-electron chi connectivity index (χ2n) is 8.64. The molecule has 7 heteroatoms. The number of hydrogen-bond acceptors (Lipinski definition) is 4. The van der Waals surface area contributed by atoms with E-state index in [1.165, 1.54) is 0 Å². The van der Waals surface area contributed by atoms with E-state index in [9.17, 15) is 14.0 Å². The molecule has 154 valence electrons. The van der Waals surface area contributed by atoms with Crippen molar-refractivity contribution in [3.63, 3.8) is 0 Å². The molecule has 3 fully saturated rings.